The van der Waals surface area contributed by atoms with Crippen molar-refractivity contribution >= 4 is 11.7 Å². The van der Waals surface area contributed by atoms with Gasteiger partial charge in [-0.1, -0.05) is 44.2 Å². The van der Waals surface area contributed by atoms with Crippen LogP contribution in [-0.4, -0.2) is 47.0 Å². The first-order chi connectivity index (χ1) is 16.4. The molecule has 7 nitrogen and oxygen atoms in total. The van der Waals surface area contributed by atoms with Crippen LogP contribution in [0.1, 0.15) is 49.4 Å². The molecule has 6 rings (SSSR count). The Labute approximate surface area is 200 Å². The summed E-state index contributed by atoms with van der Waals surface area (Å²) in [5.41, 5.74) is 8.64. The second-order valence-corrected chi connectivity index (χ2v) is 10.4. The number of hydrogen-bond donors (Lipinski definition) is 2. The molecule has 4 heterocycles. The molecule has 2 aromatic rings. The lowest BCUT2D eigenvalue weighted by Gasteiger charge is -2.35. The van der Waals surface area contributed by atoms with Gasteiger partial charge in [0.25, 0.3) is 0 Å². The van der Waals surface area contributed by atoms with Crippen LogP contribution in [0, 0.1) is 23.2 Å². The third-order valence-corrected chi connectivity index (χ3v) is 8.26. The lowest BCUT2D eigenvalue weighted by Crippen LogP contribution is -2.44. The van der Waals surface area contributed by atoms with Gasteiger partial charge in [0.15, 0.2) is 11.5 Å². The van der Waals surface area contributed by atoms with E-state index in [4.69, 9.17) is 20.6 Å². The van der Waals surface area contributed by atoms with Crippen molar-refractivity contribution in [3.63, 3.8) is 0 Å². The van der Waals surface area contributed by atoms with Crippen LogP contribution in [0.2, 0.25) is 0 Å². The van der Waals surface area contributed by atoms with Crippen LogP contribution in [0.3, 0.4) is 0 Å². The van der Waals surface area contributed by atoms with E-state index in [1.807, 2.05) is 30.3 Å². The minimum atomic E-state index is -0.0464. The number of nitrogens with one attached hydrogen (secondary N) is 1. The van der Waals surface area contributed by atoms with Gasteiger partial charge in [0.2, 0.25) is 12.7 Å². The number of ether oxygens (including phenoxy) is 2. The van der Waals surface area contributed by atoms with Crippen molar-refractivity contribution in [2.45, 2.75) is 51.4 Å². The average molecular weight is 461 g/mol. The Morgan fingerprint density at radius 3 is 2.65 bits per heavy atom. The van der Waals surface area contributed by atoms with Crippen LogP contribution < -0.4 is 15.2 Å². The predicted molar refractivity (Wildman–Crippen MR) is 129 cm³/mol. The maximum Gasteiger partial charge on any atom is 0.231 e. The van der Waals surface area contributed by atoms with Crippen LogP contribution in [0.5, 0.6) is 11.5 Å². The highest BCUT2D eigenvalue weighted by molar-refractivity contribution is 5.95. The van der Waals surface area contributed by atoms with Crippen molar-refractivity contribution in [1.82, 2.24) is 9.80 Å². The van der Waals surface area contributed by atoms with Gasteiger partial charge < -0.3 is 20.1 Å². The first-order valence-electron chi connectivity index (χ1n) is 12.3. The van der Waals surface area contributed by atoms with Gasteiger partial charge in [0, 0.05) is 36.2 Å². The second kappa shape index (κ2) is 8.01. The van der Waals surface area contributed by atoms with Crippen LogP contribution in [-0.2, 0) is 11.3 Å². The molecule has 4 aliphatic heterocycles. The zero-order valence-electron chi connectivity index (χ0n) is 19.7. The summed E-state index contributed by atoms with van der Waals surface area (Å²) < 4.78 is 11.0. The van der Waals surface area contributed by atoms with Crippen molar-refractivity contribution in [2.75, 3.05) is 13.3 Å². The number of carbonyl (C=O) groups excluding carboxylic acids is 1. The molecule has 5 atom stereocenters. The molecule has 0 saturated carbocycles. The largest absolute Gasteiger partial charge is 0.454 e. The summed E-state index contributed by atoms with van der Waals surface area (Å²) in [4.78, 5) is 18.8. The summed E-state index contributed by atoms with van der Waals surface area (Å²) in [6, 6.07) is 14.7. The molecule has 3 N–H and O–H groups in total. The molecule has 0 aliphatic carbocycles. The molecule has 3 saturated heterocycles. The maximum absolute atomic E-state index is 14.1. The lowest BCUT2D eigenvalue weighted by atomic mass is 9.79. The Morgan fingerprint density at radius 1 is 1.15 bits per heavy atom. The fourth-order valence-electron chi connectivity index (χ4n) is 7.00. The van der Waals surface area contributed by atoms with Gasteiger partial charge in [-0.05, 0) is 48.6 Å². The molecule has 4 aliphatic rings. The van der Waals surface area contributed by atoms with Crippen molar-refractivity contribution in [1.29, 1.82) is 5.41 Å². The Morgan fingerprint density at radius 2 is 1.91 bits per heavy atom. The fraction of sp³-hybridized carbons (Fsp3) is 0.481. The van der Waals surface area contributed by atoms with E-state index >= 15 is 0 Å². The molecule has 1 amide bonds. The van der Waals surface area contributed by atoms with Gasteiger partial charge in [0.05, 0.1) is 5.92 Å². The minimum Gasteiger partial charge on any atom is -0.454 e. The Hall–Kier alpha value is -3.06. The number of nitrogens with zero attached hydrogens (tertiary/aromatic N) is 2. The molecule has 0 unspecified atom stereocenters. The summed E-state index contributed by atoms with van der Waals surface area (Å²) in [6.07, 6.45) is 2.33. The monoisotopic (exact) mass is 460 g/mol. The van der Waals surface area contributed by atoms with Gasteiger partial charge in [-0.25, -0.2) is 0 Å². The Kier molecular flexibility index (Phi) is 5.06. The normalized spacial score (nSPS) is 29.7. The molecule has 0 spiro atoms. The second-order valence-electron chi connectivity index (χ2n) is 10.4. The van der Waals surface area contributed by atoms with Crippen LogP contribution in [0.4, 0.5) is 0 Å². The lowest BCUT2D eigenvalue weighted by molar-refractivity contribution is -0.134. The van der Waals surface area contributed by atoms with E-state index in [0.29, 0.717) is 24.4 Å². The highest BCUT2D eigenvalue weighted by atomic mass is 16.7. The third-order valence-electron chi connectivity index (χ3n) is 8.26. The number of amidine groups is 1. The van der Waals surface area contributed by atoms with Crippen LogP contribution >= 0.6 is 0 Å². The SMILES string of the molecule is CC(C)[C@H]1[C@H]2[C@@H](C(=O)N1Cc1ccc3c(c1)OCO3)[C@@H](c1ccc(C(=N)N)cc1)N1CCC[C@H]21. The summed E-state index contributed by atoms with van der Waals surface area (Å²) in [5.74, 6) is 2.50. The number of amides is 1. The van der Waals surface area contributed by atoms with E-state index in [1.54, 1.807) is 0 Å². The quantitative estimate of drug-likeness (QED) is 0.526. The number of carbonyl (C=O) groups is 1. The van der Waals surface area contributed by atoms with E-state index in [2.05, 4.69) is 35.8 Å². The number of nitrogens with two attached hydrogens (primary N) is 1. The number of fused-ring (bicyclic) bond motifs is 4. The molecule has 34 heavy (non-hydrogen) atoms. The van der Waals surface area contributed by atoms with E-state index in [9.17, 15) is 4.79 Å². The molecular formula is C27H32N4O3. The zero-order chi connectivity index (χ0) is 23.6. The zero-order valence-corrected chi connectivity index (χ0v) is 19.7. The van der Waals surface area contributed by atoms with Gasteiger partial charge in [-0.2, -0.15) is 0 Å². The highest BCUT2D eigenvalue weighted by Gasteiger charge is 2.62. The standard InChI is InChI=1S/C27H32N4O3/c1-15(2)24-22-19-4-3-11-30(19)25(17-6-8-18(9-7-17)26(28)29)23(22)27(32)31(24)13-16-5-10-20-21(12-16)34-14-33-20/h5-10,12,15,19,22-25H,3-4,11,13-14H2,1-2H3,(H3,28,29)/t19-,22-,23-,24+,25-/m1/s1. The fourth-order valence-corrected chi connectivity index (χ4v) is 7.00. The summed E-state index contributed by atoms with van der Waals surface area (Å²) in [6.45, 7) is 6.38. The Bertz CT molecular complexity index is 1130. The number of hydrogen-bond acceptors (Lipinski definition) is 5. The Balaban J connectivity index is 1.36. The van der Waals surface area contributed by atoms with Crippen molar-refractivity contribution in [2.24, 2.45) is 23.5 Å². The van der Waals surface area contributed by atoms with Gasteiger partial charge in [-0.15, -0.1) is 0 Å². The summed E-state index contributed by atoms with van der Waals surface area (Å²) in [5, 5.41) is 7.73. The molecular weight excluding hydrogens is 428 g/mol. The molecule has 0 bridgehead atoms. The summed E-state index contributed by atoms with van der Waals surface area (Å²) >= 11 is 0. The smallest absolute Gasteiger partial charge is 0.231 e. The third kappa shape index (κ3) is 3.21. The summed E-state index contributed by atoms with van der Waals surface area (Å²) in [7, 11) is 0. The van der Waals surface area contributed by atoms with E-state index in [-0.39, 0.29) is 36.5 Å². The number of rotatable bonds is 5. The maximum atomic E-state index is 14.1. The van der Waals surface area contributed by atoms with Gasteiger partial charge >= 0.3 is 0 Å². The van der Waals surface area contributed by atoms with Crippen LogP contribution in [0.15, 0.2) is 42.5 Å². The molecule has 3 fully saturated rings. The molecule has 2 aromatic carbocycles. The molecule has 7 heteroatoms. The first kappa shape index (κ1) is 21.5. The predicted octanol–water partition coefficient (Wildman–Crippen LogP) is 3.52. The first-order valence-corrected chi connectivity index (χ1v) is 12.3. The number of benzene rings is 2. The van der Waals surface area contributed by atoms with Crippen LogP contribution in [0.25, 0.3) is 0 Å². The van der Waals surface area contributed by atoms with E-state index in [0.717, 1.165) is 41.2 Å². The molecule has 0 aromatic heterocycles. The minimum absolute atomic E-state index is 0.0464. The number of likely N-dealkylation sites (tertiary alicyclic amines) is 1. The van der Waals surface area contributed by atoms with E-state index in [1.165, 1.54) is 6.42 Å². The van der Waals surface area contributed by atoms with Crippen molar-refractivity contribution in [3.05, 3.63) is 59.2 Å². The number of nitrogen functional groups attached to an aromatic ring is 1. The van der Waals surface area contributed by atoms with Crippen molar-refractivity contribution in [3.8, 4) is 11.5 Å². The molecule has 0 radical (unpaired) electrons. The highest BCUT2D eigenvalue weighted by Crippen LogP contribution is 2.56. The van der Waals surface area contributed by atoms with Gasteiger partial charge in [0.1, 0.15) is 5.84 Å². The molecule has 178 valence electrons. The van der Waals surface area contributed by atoms with Crippen molar-refractivity contribution < 1.29 is 14.3 Å². The average Bonchev–Trinajstić information content (AvgIpc) is 3.57. The van der Waals surface area contributed by atoms with Gasteiger partial charge in [-0.3, -0.25) is 15.1 Å². The van der Waals surface area contributed by atoms with E-state index < -0.39 is 0 Å². The topological polar surface area (TPSA) is 91.9 Å².